The minimum Gasteiger partial charge on any atom is -0.462 e. The second-order valence-electron chi connectivity index (χ2n) is 6.93. The van der Waals surface area contributed by atoms with Gasteiger partial charge in [-0.05, 0) is 30.7 Å². The minimum atomic E-state index is -0.506. The third-order valence-corrected chi connectivity index (χ3v) is 6.74. The maximum absolute atomic E-state index is 14.1. The molecule has 8 nitrogen and oxygen atoms in total. The van der Waals surface area contributed by atoms with Crippen LogP contribution in [0.3, 0.4) is 0 Å². The molecule has 3 N–H and O–H groups in total. The van der Waals surface area contributed by atoms with Crippen LogP contribution in [0.4, 0.5) is 10.1 Å². The summed E-state index contributed by atoms with van der Waals surface area (Å²) in [4.78, 5) is 26.2. The molecule has 34 heavy (non-hydrogen) atoms. The Labute approximate surface area is 202 Å². The number of aromatic nitrogens is 3. The SMILES string of the molecule is CCOC(=O)c1sc(-c2ccccc2)cc1NC(=O)CSc1nnc(-c2ccccc2F)n1N. The van der Waals surface area contributed by atoms with E-state index in [1.54, 1.807) is 31.2 Å². The molecule has 0 fully saturated rings. The van der Waals surface area contributed by atoms with Crippen molar-refractivity contribution >= 4 is 40.7 Å². The van der Waals surface area contributed by atoms with Crippen LogP contribution < -0.4 is 11.2 Å². The highest BCUT2D eigenvalue weighted by Gasteiger charge is 2.21. The molecule has 0 bridgehead atoms. The average Bonchev–Trinajstić information content (AvgIpc) is 3.42. The van der Waals surface area contributed by atoms with E-state index in [9.17, 15) is 14.0 Å². The van der Waals surface area contributed by atoms with Gasteiger partial charge in [-0.15, -0.1) is 21.5 Å². The number of benzene rings is 2. The van der Waals surface area contributed by atoms with Gasteiger partial charge in [-0.25, -0.2) is 13.9 Å². The van der Waals surface area contributed by atoms with E-state index in [-0.39, 0.29) is 34.8 Å². The van der Waals surface area contributed by atoms with Crippen molar-refractivity contribution in [1.82, 2.24) is 14.9 Å². The number of hydrogen-bond donors (Lipinski definition) is 2. The van der Waals surface area contributed by atoms with Gasteiger partial charge in [-0.2, -0.15) is 0 Å². The summed E-state index contributed by atoms with van der Waals surface area (Å²) in [5.74, 6) is 4.76. The number of thiophene rings is 1. The standard InChI is InChI=1S/C23H20FN5O3S2/c1-2-32-22(31)20-17(12-18(34-20)14-8-4-3-5-9-14)26-19(30)13-33-23-28-27-21(29(23)25)15-10-6-7-11-16(15)24/h3-12H,2,13,25H2,1H3,(H,26,30). The van der Waals surface area contributed by atoms with Gasteiger partial charge in [-0.3, -0.25) is 4.79 Å². The van der Waals surface area contributed by atoms with Crippen molar-refractivity contribution in [1.29, 1.82) is 0 Å². The highest BCUT2D eigenvalue weighted by Crippen LogP contribution is 2.35. The van der Waals surface area contributed by atoms with E-state index >= 15 is 0 Å². The molecular weight excluding hydrogens is 477 g/mol. The minimum absolute atomic E-state index is 0.0502. The van der Waals surface area contributed by atoms with E-state index in [0.717, 1.165) is 26.9 Å². The predicted octanol–water partition coefficient (Wildman–Crippen LogP) is 4.43. The first-order valence-corrected chi connectivity index (χ1v) is 12.0. The Morgan fingerprint density at radius 3 is 2.62 bits per heavy atom. The summed E-state index contributed by atoms with van der Waals surface area (Å²) in [5, 5.41) is 10.9. The van der Waals surface area contributed by atoms with Crippen LogP contribution in [0, 0.1) is 5.82 Å². The summed E-state index contributed by atoms with van der Waals surface area (Å²) in [6.07, 6.45) is 0. The number of esters is 1. The summed E-state index contributed by atoms with van der Waals surface area (Å²) < 4.78 is 20.3. The summed E-state index contributed by atoms with van der Waals surface area (Å²) in [5.41, 5.74) is 1.50. The summed E-state index contributed by atoms with van der Waals surface area (Å²) in [7, 11) is 0. The first-order valence-electron chi connectivity index (χ1n) is 10.2. The van der Waals surface area contributed by atoms with Crippen molar-refractivity contribution < 1.29 is 18.7 Å². The first kappa shape index (κ1) is 23.5. The van der Waals surface area contributed by atoms with Crippen LogP contribution in [0.25, 0.3) is 21.8 Å². The lowest BCUT2D eigenvalue weighted by atomic mass is 10.2. The van der Waals surface area contributed by atoms with Crippen molar-refractivity contribution in [2.45, 2.75) is 12.1 Å². The van der Waals surface area contributed by atoms with Crippen molar-refractivity contribution in [3.63, 3.8) is 0 Å². The van der Waals surface area contributed by atoms with Crippen LogP contribution in [-0.4, -0.2) is 39.1 Å². The summed E-state index contributed by atoms with van der Waals surface area (Å²) in [6.45, 7) is 1.94. The Balaban J connectivity index is 1.49. The van der Waals surface area contributed by atoms with Gasteiger partial charge in [-0.1, -0.05) is 54.2 Å². The second-order valence-corrected chi connectivity index (χ2v) is 8.93. The number of ether oxygens (including phenoxy) is 1. The molecule has 0 atom stereocenters. The predicted molar refractivity (Wildman–Crippen MR) is 131 cm³/mol. The molecule has 0 saturated carbocycles. The molecule has 1 amide bonds. The Hall–Kier alpha value is -3.70. The number of rotatable bonds is 8. The van der Waals surface area contributed by atoms with Crippen LogP contribution in [0.15, 0.2) is 65.8 Å². The zero-order chi connectivity index (χ0) is 24.1. The molecular formula is C23H20FN5O3S2. The van der Waals surface area contributed by atoms with E-state index in [1.807, 2.05) is 30.3 Å². The highest BCUT2D eigenvalue weighted by atomic mass is 32.2. The Kier molecular flexibility index (Phi) is 7.24. The number of carbonyl (C=O) groups excluding carboxylic acids is 2. The smallest absolute Gasteiger partial charge is 0.350 e. The lowest BCUT2D eigenvalue weighted by molar-refractivity contribution is -0.113. The largest absolute Gasteiger partial charge is 0.462 e. The quantitative estimate of drug-likeness (QED) is 0.210. The third-order valence-electron chi connectivity index (χ3n) is 4.64. The lowest BCUT2D eigenvalue weighted by Crippen LogP contribution is -2.17. The number of nitrogens with zero attached hydrogens (tertiary/aromatic N) is 3. The monoisotopic (exact) mass is 497 g/mol. The van der Waals surface area contributed by atoms with Crippen molar-refractivity contribution in [3.8, 4) is 21.8 Å². The molecule has 11 heteroatoms. The van der Waals surface area contributed by atoms with Crippen molar-refractivity contribution in [2.75, 3.05) is 23.5 Å². The third kappa shape index (κ3) is 5.10. The Morgan fingerprint density at radius 1 is 1.15 bits per heavy atom. The molecule has 0 unspecified atom stereocenters. The molecule has 0 aliphatic rings. The van der Waals surface area contributed by atoms with Crippen LogP contribution in [0.2, 0.25) is 0 Å². The zero-order valence-electron chi connectivity index (χ0n) is 18.0. The normalized spacial score (nSPS) is 10.8. The van der Waals surface area contributed by atoms with Crippen LogP contribution in [0.1, 0.15) is 16.6 Å². The maximum atomic E-state index is 14.1. The average molecular weight is 498 g/mol. The van der Waals surface area contributed by atoms with Crippen LogP contribution >= 0.6 is 23.1 Å². The van der Waals surface area contributed by atoms with E-state index in [0.29, 0.717) is 10.6 Å². The maximum Gasteiger partial charge on any atom is 0.350 e. The van der Waals surface area contributed by atoms with Crippen LogP contribution in [-0.2, 0) is 9.53 Å². The number of thioether (sulfide) groups is 1. The number of anilines is 1. The van der Waals surface area contributed by atoms with Crippen LogP contribution in [0.5, 0.6) is 0 Å². The number of nitrogens with one attached hydrogen (secondary N) is 1. The van der Waals surface area contributed by atoms with Gasteiger partial charge in [0, 0.05) is 4.88 Å². The number of hydrogen-bond acceptors (Lipinski definition) is 8. The van der Waals surface area contributed by atoms with Gasteiger partial charge in [0.2, 0.25) is 11.1 Å². The summed E-state index contributed by atoms with van der Waals surface area (Å²) >= 11 is 2.28. The molecule has 2 aromatic heterocycles. The fourth-order valence-corrected chi connectivity index (χ4v) is 4.76. The van der Waals surface area contributed by atoms with Gasteiger partial charge in [0.05, 0.1) is 23.6 Å². The van der Waals surface area contributed by atoms with Crippen molar-refractivity contribution in [3.05, 3.63) is 71.4 Å². The lowest BCUT2D eigenvalue weighted by Gasteiger charge is -2.06. The molecule has 2 heterocycles. The molecule has 0 aliphatic carbocycles. The summed E-state index contributed by atoms with van der Waals surface area (Å²) in [6, 6.07) is 17.4. The van der Waals surface area contributed by atoms with Crippen molar-refractivity contribution in [2.24, 2.45) is 0 Å². The Morgan fingerprint density at radius 2 is 1.88 bits per heavy atom. The fraction of sp³-hybridized carbons (Fsp3) is 0.130. The molecule has 174 valence electrons. The number of nitrogens with two attached hydrogens (primary N) is 1. The second kappa shape index (κ2) is 10.5. The molecule has 0 saturated heterocycles. The van der Waals surface area contributed by atoms with E-state index < -0.39 is 11.8 Å². The Bertz CT molecular complexity index is 1320. The van der Waals surface area contributed by atoms with Gasteiger partial charge >= 0.3 is 5.97 Å². The molecule has 4 aromatic rings. The van der Waals surface area contributed by atoms with Gasteiger partial charge < -0.3 is 15.9 Å². The number of amides is 1. The van der Waals surface area contributed by atoms with E-state index in [4.69, 9.17) is 10.6 Å². The van der Waals surface area contributed by atoms with Gasteiger partial charge in [0.25, 0.3) is 0 Å². The van der Waals surface area contributed by atoms with Gasteiger partial charge in [0.15, 0.2) is 5.82 Å². The van der Waals surface area contributed by atoms with E-state index in [1.165, 1.54) is 17.4 Å². The first-order chi connectivity index (χ1) is 16.5. The topological polar surface area (TPSA) is 112 Å². The van der Waals surface area contributed by atoms with E-state index in [2.05, 4.69) is 15.5 Å². The molecule has 0 aliphatic heterocycles. The number of halogens is 1. The molecule has 0 radical (unpaired) electrons. The molecule has 0 spiro atoms. The highest BCUT2D eigenvalue weighted by molar-refractivity contribution is 7.99. The number of carbonyl (C=O) groups is 2. The molecule has 4 rings (SSSR count). The zero-order valence-corrected chi connectivity index (χ0v) is 19.7. The fourth-order valence-electron chi connectivity index (χ4n) is 3.09. The van der Waals surface area contributed by atoms with Gasteiger partial charge in [0.1, 0.15) is 10.7 Å². The molecule has 2 aromatic carbocycles. The number of nitrogen functional groups attached to an aromatic ring is 1.